The Morgan fingerprint density at radius 3 is 1.22 bits per heavy atom. The van der Waals surface area contributed by atoms with Gasteiger partial charge in [-0.2, -0.15) is 0 Å². The maximum absolute atomic E-state index is 10.3. The van der Waals surface area contributed by atoms with Gasteiger partial charge in [0.15, 0.2) is 0 Å². The van der Waals surface area contributed by atoms with Crippen LogP contribution in [0.4, 0.5) is 0 Å². The molecule has 0 aliphatic heterocycles. The van der Waals surface area contributed by atoms with Crippen molar-refractivity contribution in [3.8, 4) is 35.5 Å². The van der Waals surface area contributed by atoms with Crippen LogP contribution in [-0.2, 0) is 9.59 Å². The van der Waals surface area contributed by atoms with Gasteiger partial charge in [-0.15, -0.1) is 0 Å². The SMILES string of the molecule is CC(C)(C#CC(=O)O)C#CC(C)(C)C#CC(=O)O. The van der Waals surface area contributed by atoms with Crippen molar-refractivity contribution in [3.63, 3.8) is 0 Å². The van der Waals surface area contributed by atoms with Crippen molar-refractivity contribution >= 4 is 11.9 Å². The summed E-state index contributed by atoms with van der Waals surface area (Å²) in [6.07, 6.45) is 0. The van der Waals surface area contributed by atoms with Crippen molar-refractivity contribution in [2.24, 2.45) is 10.8 Å². The molecular formula is C14H14O4. The third-order valence-corrected chi connectivity index (χ3v) is 1.65. The van der Waals surface area contributed by atoms with Crippen LogP contribution in [-0.4, -0.2) is 22.2 Å². The second-order valence-corrected chi connectivity index (χ2v) is 4.61. The first-order chi connectivity index (χ1) is 8.04. The van der Waals surface area contributed by atoms with E-state index >= 15 is 0 Å². The fourth-order valence-electron chi connectivity index (χ4n) is 0.794. The van der Waals surface area contributed by atoms with Crippen LogP contribution in [0, 0.1) is 46.4 Å². The molecule has 0 aromatic carbocycles. The summed E-state index contributed by atoms with van der Waals surface area (Å²) in [4.78, 5) is 20.6. The topological polar surface area (TPSA) is 74.6 Å². The van der Waals surface area contributed by atoms with E-state index in [1.54, 1.807) is 27.7 Å². The predicted octanol–water partition coefficient (Wildman–Crippen LogP) is 1.22. The van der Waals surface area contributed by atoms with Crippen molar-refractivity contribution in [3.05, 3.63) is 0 Å². The standard InChI is InChI=1S/C14H14O4/c1-13(2,7-5-11(15)16)9-10-14(3,4)8-6-12(17)18/h1-4H3,(H,15,16)(H,17,18). The lowest BCUT2D eigenvalue weighted by molar-refractivity contribution is -0.131. The molecule has 4 heteroatoms. The van der Waals surface area contributed by atoms with Gasteiger partial charge in [0, 0.05) is 11.8 Å². The fraction of sp³-hybridized carbons (Fsp3) is 0.429. The first kappa shape index (κ1) is 15.6. The fourth-order valence-corrected chi connectivity index (χ4v) is 0.794. The Morgan fingerprint density at radius 1 is 0.722 bits per heavy atom. The van der Waals surface area contributed by atoms with E-state index in [1.807, 2.05) is 11.8 Å². The summed E-state index contributed by atoms with van der Waals surface area (Å²) < 4.78 is 0. The quantitative estimate of drug-likeness (QED) is 0.630. The molecule has 0 atom stereocenters. The van der Waals surface area contributed by atoms with Gasteiger partial charge in [-0.05, 0) is 27.7 Å². The van der Waals surface area contributed by atoms with Gasteiger partial charge in [-0.3, -0.25) is 0 Å². The van der Waals surface area contributed by atoms with Gasteiger partial charge in [0.1, 0.15) is 0 Å². The number of aliphatic carboxylic acids is 2. The number of carbonyl (C=O) groups is 2. The highest BCUT2D eigenvalue weighted by Gasteiger charge is 2.14. The maximum atomic E-state index is 10.3. The third kappa shape index (κ3) is 7.85. The van der Waals surface area contributed by atoms with Crippen molar-refractivity contribution in [1.82, 2.24) is 0 Å². The molecule has 0 unspecified atom stereocenters. The number of carboxylic acid groups (broad SMARTS) is 2. The highest BCUT2D eigenvalue weighted by molar-refractivity contribution is 5.87. The van der Waals surface area contributed by atoms with Gasteiger partial charge in [0.25, 0.3) is 0 Å². The minimum absolute atomic E-state index is 0.791. The number of rotatable bonds is 0. The second kappa shape index (κ2) is 5.80. The van der Waals surface area contributed by atoms with Crippen LogP contribution in [0.25, 0.3) is 0 Å². The lowest BCUT2D eigenvalue weighted by Gasteiger charge is -2.11. The molecule has 0 fully saturated rings. The summed E-state index contributed by atoms with van der Waals surface area (Å²) in [6, 6.07) is 0. The van der Waals surface area contributed by atoms with E-state index in [0.29, 0.717) is 0 Å². The second-order valence-electron chi connectivity index (χ2n) is 4.61. The minimum Gasteiger partial charge on any atom is -0.472 e. The molecule has 0 spiro atoms. The Balaban J connectivity index is 5.09. The van der Waals surface area contributed by atoms with Gasteiger partial charge in [-0.25, -0.2) is 9.59 Å². The maximum Gasteiger partial charge on any atom is 0.381 e. The van der Waals surface area contributed by atoms with Gasteiger partial charge in [-0.1, -0.05) is 23.7 Å². The molecule has 0 radical (unpaired) electrons. The summed E-state index contributed by atoms with van der Waals surface area (Å²) in [7, 11) is 0. The molecule has 4 nitrogen and oxygen atoms in total. The van der Waals surface area contributed by atoms with Crippen LogP contribution in [0.1, 0.15) is 27.7 Å². The van der Waals surface area contributed by atoms with Crippen LogP contribution in [0.5, 0.6) is 0 Å². The van der Waals surface area contributed by atoms with Gasteiger partial charge < -0.3 is 10.2 Å². The van der Waals surface area contributed by atoms with Crippen molar-refractivity contribution in [2.45, 2.75) is 27.7 Å². The number of carboxylic acids is 2. The smallest absolute Gasteiger partial charge is 0.381 e. The van der Waals surface area contributed by atoms with Crippen LogP contribution in [0.15, 0.2) is 0 Å². The monoisotopic (exact) mass is 246 g/mol. The van der Waals surface area contributed by atoms with Gasteiger partial charge >= 0.3 is 11.9 Å². The summed E-state index contributed by atoms with van der Waals surface area (Å²) in [6.45, 7) is 6.71. The molecule has 0 aromatic rings. The van der Waals surface area contributed by atoms with Crippen molar-refractivity contribution < 1.29 is 19.8 Å². The Hall–Kier alpha value is -2.38. The summed E-state index contributed by atoms with van der Waals surface area (Å²) in [5, 5.41) is 16.9. The highest BCUT2D eigenvalue weighted by atomic mass is 16.4. The molecular weight excluding hydrogens is 232 g/mol. The van der Waals surface area contributed by atoms with E-state index in [1.165, 1.54) is 0 Å². The third-order valence-electron chi connectivity index (χ3n) is 1.65. The average Bonchev–Trinajstić information content (AvgIpc) is 2.22. The van der Waals surface area contributed by atoms with E-state index < -0.39 is 22.8 Å². The molecule has 0 saturated heterocycles. The van der Waals surface area contributed by atoms with Crippen molar-refractivity contribution in [1.29, 1.82) is 0 Å². The summed E-state index contributed by atoms with van der Waals surface area (Å²) >= 11 is 0. The zero-order valence-corrected chi connectivity index (χ0v) is 10.7. The van der Waals surface area contributed by atoms with E-state index in [0.717, 1.165) is 0 Å². The zero-order valence-electron chi connectivity index (χ0n) is 10.7. The summed E-state index contributed by atoms with van der Waals surface area (Å²) in [5.41, 5.74) is -1.58. The Labute approximate surface area is 106 Å². The van der Waals surface area contributed by atoms with E-state index in [9.17, 15) is 9.59 Å². The van der Waals surface area contributed by atoms with Crippen LogP contribution >= 0.6 is 0 Å². The highest BCUT2D eigenvalue weighted by Crippen LogP contribution is 2.16. The van der Waals surface area contributed by atoms with E-state index in [4.69, 9.17) is 10.2 Å². The first-order valence-electron chi connectivity index (χ1n) is 5.11. The Kier molecular flexibility index (Phi) is 5.03. The molecule has 0 rings (SSSR count). The molecule has 2 N–H and O–H groups in total. The van der Waals surface area contributed by atoms with Crippen LogP contribution in [0.3, 0.4) is 0 Å². The van der Waals surface area contributed by atoms with E-state index in [-0.39, 0.29) is 0 Å². The predicted molar refractivity (Wildman–Crippen MR) is 66.2 cm³/mol. The average molecular weight is 246 g/mol. The Bertz CT molecular complexity index is 486. The van der Waals surface area contributed by atoms with Gasteiger partial charge in [0.05, 0.1) is 10.8 Å². The largest absolute Gasteiger partial charge is 0.472 e. The first-order valence-corrected chi connectivity index (χ1v) is 5.11. The molecule has 0 amide bonds. The zero-order chi connectivity index (χ0) is 14.4. The van der Waals surface area contributed by atoms with Crippen molar-refractivity contribution in [2.75, 3.05) is 0 Å². The molecule has 94 valence electrons. The number of hydrogen-bond acceptors (Lipinski definition) is 2. The van der Waals surface area contributed by atoms with Gasteiger partial charge in [0.2, 0.25) is 0 Å². The molecule has 0 aliphatic rings. The molecule has 0 heterocycles. The minimum atomic E-state index is -1.21. The molecule has 0 bridgehead atoms. The normalized spacial score (nSPS) is 9.78. The van der Waals surface area contributed by atoms with Crippen LogP contribution in [0.2, 0.25) is 0 Å². The molecule has 0 aromatic heterocycles. The summed E-state index contributed by atoms with van der Waals surface area (Å²) in [5.74, 6) is 12.2. The van der Waals surface area contributed by atoms with E-state index in [2.05, 4.69) is 23.7 Å². The molecule has 0 saturated carbocycles. The Morgan fingerprint density at radius 2 is 1.00 bits per heavy atom. The molecule has 18 heavy (non-hydrogen) atoms. The lowest BCUT2D eigenvalue weighted by Crippen LogP contribution is -2.10. The lowest BCUT2D eigenvalue weighted by atomic mass is 9.89. The number of hydrogen-bond donors (Lipinski definition) is 2. The van der Waals surface area contributed by atoms with Crippen LogP contribution < -0.4 is 0 Å². The molecule has 0 aliphatic carbocycles.